The van der Waals surface area contributed by atoms with Crippen molar-refractivity contribution in [2.75, 3.05) is 0 Å². The van der Waals surface area contributed by atoms with E-state index in [-0.39, 0.29) is 43.2 Å². The van der Waals surface area contributed by atoms with E-state index in [1.165, 1.54) is 0 Å². The molecule has 0 aliphatic carbocycles. The second-order valence-electron chi connectivity index (χ2n) is 0.875. The molecule has 9 heavy (non-hydrogen) atoms. The molecule has 0 rings (SSSR count). The van der Waals surface area contributed by atoms with Crippen LogP contribution in [0.15, 0.2) is 0 Å². The molecule has 62 valence electrons. The SMILES string of the molecule is FS(F)(F)(F)(F)F.[Ar].[O]. The van der Waals surface area contributed by atoms with Crippen molar-refractivity contribution in [1.29, 1.82) is 0 Å². The van der Waals surface area contributed by atoms with Gasteiger partial charge < -0.3 is 0 Å². The van der Waals surface area contributed by atoms with E-state index in [2.05, 4.69) is 0 Å². The number of hydrogen-bond acceptors (Lipinski definition) is 0. The van der Waals surface area contributed by atoms with Crippen LogP contribution in [0, 0.1) is 37.7 Å². The Bertz CT molecular complexity index is 71.6. The summed E-state index contributed by atoms with van der Waals surface area (Å²) >= 11 is 0. The third-order valence-electron chi connectivity index (χ3n) is 0. The minimum absolute atomic E-state index is 0. The van der Waals surface area contributed by atoms with Crippen molar-refractivity contribution in [2.24, 2.45) is 0 Å². The van der Waals surface area contributed by atoms with E-state index in [1.807, 2.05) is 0 Å². The van der Waals surface area contributed by atoms with Crippen LogP contribution in [-0.4, -0.2) is 0 Å². The van der Waals surface area contributed by atoms with Gasteiger partial charge in [0, 0.05) is 43.2 Å². The Labute approximate surface area is 76.7 Å². The van der Waals surface area contributed by atoms with Gasteiger partial charge in [0.1, 0.15) is 0 Å². The van der Waals surface area contributed by atoms with E-state index in [4.69, 9.17) is 0 Å². The monoisotopic (exact) mass is 202 g/mol. The number of hydrogen-bond donors (Lipinski definition) is 0. The van der Waals surface area contributed by atoms with E-state index < -0.39 is 10.6 Å². The van der Waals surface area contributed by atoms with Gasteiger partial charge >= 0.3 is 10.6 Å². The van der Waals surface area contributed by atoms with Gasteiger partial charge in [-0.05, 0) is 0 Å². The molecule has 0 bridgehead atoms. The Balaban J connectivity index is -0.000000180. The zero-order valence-corrected chi connectivity index (χ0v) is 4.96. The van der Waals surface area contributed by atoms with E-state index in [9.17, 15) is 23.3 Å². The molecule has 0 amide bonds. The molecule has 0 saturated heterocycles. The molecule has 0 aromatic rings. The fourth-order valence-electron chi connectivity index (χ4n) is 0. The van der Waals surface area contributed by atoms with Crippen LogP contribution in [-0.2, 0) is 5.48 Å². The smallest absolute Gasteiger partial charge is 0.0719 e. The van der Waals surface area contributed by atoms with Gasteiger partial charge in [0.25, 0.3) is 0 Å². The fraction of sp³-hybridized carbons (Fsp3) is 0. The van der Waals surface area contributed by atoms with E-state index >= 15 is 0 Å². The molecular formula is ArF6OS. The fourth-order valence-corrected chi connectivity index (χ4v) is 0. The van der Waals surface area contributed by atoms with Gasteiger partial charge in [0.2, 0.25) is 0 Å². The molecule has 0 spiro atoms. The molecule has 0 saturated carbocycles. The largest absolute Gasteiger partial charge is 0.431 e. The second-order valence-corrected chi connectivity index (χ2v) is 2.62. The Hall–Kier alpha value is 1.15. The molecule has 0 N–H and O–H groups in total. The molecule has 1 nitrogen and oxygen atoms in total. The first-order valence-corrected chi connectivity index (χ1v) is 2.78. The summed E-state index contributed by atoms with van der Waals surface area (Å²) in [6, 6.07) is 0. The van der Waals surface area contributed by atoms with Crippen molar-refractivity contribution >= 4 is 10.6 Å². The normalized spacial score (nSPS) is 18.0. The van der Waals surface area contributed by atoms with Crippen LogP contribution in [0.2, 0.25) is 0 Å². The second kappa shape index (κ2) is 2.33. The summed E-state index contributed by atoms with van der Waals surface area (Å²) in [5, 5.41) is 0. The summed E-state index contributed by atoms with van der Waals surface area (Å²) in [6.45, 7) is 0. The first-order chi connectivity index (χ1) is 2.45. The minimum Gasteiger partial charge on any atom is -0.0719 e. The van der Waals surface area contributed by atoms with Crippen LogP contribution < -0.4 is 0 Å². The average Bonchev–Trinajstić information content (AvgIpc) is 0.592. The first-order valence-electron chi connectivity index (χ1n) is 0.926. The van der Waals surface area contributed by atoms with Gasteiger partial charge in [-0.3, -0.25) is 0 Å². The van der Waals surface area contributed by atoms with Crippen molar-refractivity contribution < 1.29 is 66.5 Å². The molecule has 0 atom stereocenters. The van der Waals surface area contributed by atoms with Crippen LogP contribution in [0.3, 0.4) is 0 Å². The van der Waals surface area contributed by atoms with Gasteiger partial charge in [-0.15, -0.1) is 0 Å². The summed E-state index contributed by atoms with van der Waals surface area (Å²) in [5.74, 6) is 0. The maximum absolute atomic E-state index is 10.5. The molecular weight excluding hydrogens is 202 g/mol. The molecule has 9 heteroatoms. The maximum atomic E-state index is 9.85. The summed E-state index contributed by atoms with van der Waals surface area (Å²) < 4.78 is 59.1. The van der Waals surface area contributed by atoms with Crippen molar-refractivity contribution in [3.63, 3.8) is 0 Å². The Morgan fingerprint density at radius 2 is 0.667 bits per heavy atom. The van der Waals surface area contributed by atoms with Gasteiger partial charge in [-0.25, -0.2) is 0 Å². The molecule has 0 aromatic carbocycles. The third kappa shape index (κ3) is 354. The summed E-state index contributed by atoms with van der Waals surface area (Å²) in [4.78, 5) is 0. The van der Waals surface area contributed by atoms with E-state index in [0.29, 0.717) is 0 Å². The maximum Gasteiger partial charge on any atom is 0.431 e. The summed E-state index contributed by atoms with van der Waals surface area (Å²) in [6.07, 6.45) is 0. The van der Waals surface area contributed by atoms with Crippen LogP contribution in [0.1, 0.15) is 0 Å². The third-order valence-corrected chi connectivity index (χ3v) is 0. The summed E-state index contributed by atoms with van der Waals surface area (Å²) in [7, 11) is -10.5. The zero-order valence-electron chi connectivity index (χ0n) is 3.44. The van der Waals surface area contributed by atoms with E-state index in [0.717, 1.165) is 0 Å². The van der Waals surface area contributed by atoms with Gasteiger partial charge in [0.05, 0.1) is 0 Å². The quantitative estimate of drug-likeness (QED) is 0.540. The molecule has 2 radical (unpaired) electrons. The van der Waals surface area contributed by atoms with Gasteiger partial charge in [-0.1, -0.05) is 23.3 Å². The van der Waals surface area contributed by atoms with Crippen LogP contribution in [0.25, 0.3) is 0 Å². The summed E-state index contributed by atoms with van der Waals surface area (Å²) in [5.41, 5.74) is 0. The Morgan fingerprint density at radius 3 is 0.667 bits per heavy atom. The first kappa shape index (κ1) is 16.6. The molecule has 0 heterocycles. The minimum atomic E-state index is -10.5. The standard InChI is InChI=1S/Ar.F6S.O/c;1-7(2,3,4,5)6;. The predicted octanol–water partition coefficient (Wildman–Crippen LogP) is 3.05. The zero-order chi connectivity index (χ0) is 6.41. The molecule has 0 aliphatic rings. The van der Waals surface area contributed by atoms with Crippen molar-refractivity contribution in [1.82, 2.24) is 0 Å². The molecule has 0 unspecified atom stereocenters. The van der Waals surface area contributed by atoms with Gasteiger partial charge in [-0.2, -0.15) is 0 Å². The van der Waals surface area contributed by atoms with Crippen molar-refractivity contribution in [2.45, 2.75) is 0 Å². The van der Waals surface area contributed by atoms with Crippen LogP contribution >= 0.6 is 10.6 Å². The van der Waals surface area contributed by atoms with E-state index in [1.54, 1.807) is 0 Å². The number of rotatable bonds is 0. The van der Waals surface area contributed by atoms with Crippen LogP contribution in [0.5, 0.6) is 0 Å². The Kier molecular flexibility index (Phi) is 4.30. The molecule has 0 fully saturated rings. The van der Waals surface area contributed by atoms with Gasteiger partial charge in [0.15, 0.2) is 0 Å². The Morgan fingerprint density at radius 1 is 0.667 bits per heavy atom. The average molecular weight is 202 g/mol. The molecule has 0 aromatic heterocycles. The van der Waals surface area contributed by atoms with Crippen LogP contribution in [0.4, 0.5) is 23.3 Å². The van der Waals surface area contributed by atoms with Crippen molar-refractivity contribution in [3.8, 4) is 0 Å². The topological polar surface area (TPSA) is 28.5 Å². The number of halogens is 6. The predicted molar refractivity (Wildman–Crippen MR) is 14.9 cm³/mol. The molecule has 0 aliphatic heterocycles. The van der Waals surface area contributed by atoms with Crippen molar-refractivity contribution in [3.05, 3.63) is 0 Å².